The van der Waals surface area contributed by atoms with E-state index in [-0.39, 0.29) is 5.75 Å². The molecule has 0 radical (unpaired) electrons. The Morgan fingerprint density at radius 3 is 2.42 bits per heavy atom. The fourth-order valence-corrected chi connectivity index (χ4v) is 3.78. The molecule has 0 aliphatic heterocycles. The van der Waals surface area contributed by atoms with Gasteiger partial charge in [-0.2, -0.15) is 0 Å². The Labute approximate surface area is 157 Å². The highest BCUT2D eigenvalue weighted by Crippen LogP contribution is 2.00. The van der Waals surface area contributed by atoms with E-state index in [9.17, 15) is 8.42 Å². The Morgan fingerprint density at radius 2 is 1.81 bits per heavy atom. The van der Waals surface area contributed by atoms with Crippen molar-refractivity contribution >= 4 is 16.0 Å². The van der Waals surface area contributed by atoms with Gasteiger partial charge in [-0.3, -0.25) is 4.99 Å². The van der Waals surface area contributed by atoms with Crippen LogP contribution >= 0.6 is 0 Å². The average molecular weight is 385 g/mol. The molecule has 0 saturated heterocycles. The molecule has 0 saturated carbocycles. The molecule has 0 unspecified atom stereocenters. The van der Waals surface area contributed by atoms with E-state index in [0.29, 0.717) is 51.9 Å². The molecule has 148 valence electrons. The first-order valence-electron chi connectivity index (χ1n) is 9.15. The van der Waals surface area contributed by atoms with E-state index < -0.39 is 10.0 Å². The van der Waals surface area contributed by atoms with E-state index >= 15 is 0 Å². The van der Waals surface area contributed by atoms with Crippen LogP contribution in [0.15, 0.2) is 35.3 Å². The minimum absolute atomic E-state index is 0.0452. The highest BCUT2D eigenvalue weighted by molar-refractivity contribution is 7.89. The summed E-state index contributed by atoms with van der Waals surface area (Å²) in [6, 6.07) is 9.98. The molecule has 0 heterocycles. The molecule has 0 aliphatic rings. The van der Waals surface area contributed by atoms with Gasteiger partial charge < -0.3 is 15.4 Å². The van der Waals surface area contributed by atoms with Gasteiger partial charge in [0.15, 0.2) is 5.96 Å². The van der Waals surface area contributed by atoms with E-state index in [1.54, 1.807) is 0 Å². The lowest BCUT2D eigenvalue weighted by Gasteiger charge is -2.19. The first-order chi connectivity index (χ1) is 12.5. The van der Waals surface area contributed by atoms with Crippen molar-refractivity contribution in [3.63, 3.8) is 0 Å². The highest BCUT2D eigenvalue weighted by atomic mass is 32.2. The number of aliphatic imine (C=N–C) groups is 1. The van der Waals surface area contributed by atoms with Gasteiger partial charge in [0.05, 0.1) is 25.5 Å². The van der Waals surface area contributed by atoms with E-state index in [1.165, 1.54) is 4.31 Å². The van der Waals surface area contributed by atoms with Gasteiger partial charge >= 0.3 is 0 Å². The molecule has 1 aromatic rings. The van der Waals surface area contributed by atoms with Gasteiger partial charge in [-0.25, -0.2) is 12.7 Å². The Bertz CT molecular complexity index is 617. The Morgan fingerprint density at radius 1 is 1.12 bits per heavy atom. The second-order valence-electron chi connectivity index (χ2n) is 5.63. The maximum Gasteiger partial charge on any atom is 0.215 e. The SMILES string of the molecule is CCNC(=NCCOCc1ccccc1)NCCS(=O)(=O)N(CC)CC. The topological polar surface area (TPSA) is 83.0 Å². The van der Waals surface area contributed by atoms with Crippen molar-refractivity contribution in [1.29, 1.82) is 0 Å². The number of guanidine groups is 1. The monoisotopic (exact) mass is 384 g/mol. The molecular formula is C18H32N4O3S. The molecule has 0 bridgehead atoms. The maximum atomic E-state index is 12.2. The summed E-state index contributed by atoms with van der Waals surface area (Å²) in [5.41, 5.74) is 1.13. The molecule has 0 atom stereocenters. The number of nitrogens with one attached hydrogen (secondary N) is 2. The summed E-state index contributed by atoms with van der Waals surface area (Å²) < 4.78 is 31.4. The summed E-state index contributed by atoms with van der Waals surface area (Å²) in [4.78, 5) is 4.41. The molecule has 0 aliphatic carbocycles. The molecule has 0 aromatic heterocycles. The van der Waals surface area contributed by atoms with Gasteiger partial charge in [-0.15, -0.1) is 0 Å². The highest BCUT2D eigenvalue weighted by Gasteiger charge is 2.18. The summed E-state index contributed by atoms with van der Waals surface area (Å²) in [7, 11) is -3.23. The number of hydrogen-bond donors (Lipinski definition) is 2. The molecule has 8 heteroatoms. The summed E-state index contributed by atoms with van der Waals surface area (Å²) in [6.07, 6.45) is 0. The number of nitrogens with zero attached hydrogens (tertiary/aromatic N) is 2. The minimum Gasteiger partial charge on any atom is -0.375 e. The lowest BCUT2D eigenvalue weighted by Crippen LogP contribution is -2.42. The second kappa shape index (κ2) is 12.7. The second-order valence-corrected chi connectivity index (χ2v) is 7.71. The van der Waals surface area contributed by atoms with Gasteiger partial charge in [0, 0.05) is 26.2 Å². The fourth-order valence-electron chi connectivity index (χ4n) is 2.37. The van der Waals surface area contributed by atoms with Crippen molar-refractivity contribution in [3.8, 4) is 0 Å². The van der Waals surface area contributed by atoms with Crippen molar-refractivity contribution in [2.75, 3.05) is 45.1 Å². The lowest BCUT2D eigenvalue weighted by molar-refractivity contribution is 0.128. The van der Waals surface area contributed by atoms with Crippen LogP contribution in [0.25, 0.3) is 0 Å². The lowest BCUT2D eigenvalue weighted by atomic mass is 10.2. The maximum absolute atomic E-state index is 12.2. The van der Waals surface area contributed by atoms with Gasteiger partial charge in [0.25, 0.3) is 0 Å². The Kier molecular flexibility index (Phi) is 10.9. The van der Waals surface area contributed by atoms with E-state index in [0.717, 1.165) is 5.56 Å². The predicted molar refractivity (Wildman–Crippen MR) is 107 cm³/mol. The molecule has 1 aromatic carbocycles. The first-order valence-corrected chi connectivity index (χ1v) is 10.8. The van der Waals surface area contributed by atoms with Gasteiger partial charge in [-0.05, 0) is 12.5 Å². The zero-order valence-corrected chi connectivity index (χ0v) is 16.9. The predicted octanol–water partition coefficient (Wildman–Crippen LogP) is 1.43. The first kappa shape index (κ1) is 22.4. The molecule has 0 spiro atoms. The van der Waals surface area contributed by atoms with Crippen LogP contribution in [0.1, 0.15) is 26.3 Å². The zero-order chi connectivity index (χ0) is 19.3. The number of sulfonamides is 1. The molecular weight excluding hydrogens is 352 g/mol. The van der Waals surface area contributed by atoms with Crippen LogP contribution in [0, 0.1) is 0 Å². The van der Waals surface area contributed by atoms with E-state index in [4.69, 9.17) is 4.74 Å². The van der Waals surface area contributed by atoms with Crippen molar-refractivity contribution < 1.29 is 13.2 Å². The molecule has 1 rings (SSSR count). The average Bonchev–Trinajstić information content (AvgIpc) is 2.63. The van der Waals surface area contributed by atoms with Crippen LogP contribution in [0.5, 0.6) is 0 Å². The van der Waals surface area contributed by atoms with Crippen LogP contribution in [0.2, 0.25) is 0 Å². The molecule has 2 N–H and O–H groups in total. The van der Waals surface area contributed by atoms with Crippen molar-refractivity contribution in [2.24, 2.45) is 4.99 Å². The Balaban J connectivity index is 2.36. The van der Waals surface area contributed by atoms with Gasteiger partial charge in [0.1, 0.15) is 0 Å². The normalized spacial score (nSPS) is 12.4. The summed E-state index contributed by atoms with van der Waals surface area (Å²) >= 11 is 0. The molecule has 0 fully saturated rings. The number of benzene rings is 1. The van der Waals surface area contributed by atoms with E-state index in [2.05, 4.69) is 15.6 Å². The van der Waals surface area contributed by atoms with Crippen LogP contribution in [0.4, 0.5) is 0 Å². The van der Waals surface area contributed by atoms with Crippen molar-refractivity contribution in [3.05, 3.63) is 35.9 Å². The summed E-state index contributed by atoms with van der Waals surface area (Å²) in [5, 5.41) is 6.18. The summed E-state index contributed by atoms with van der Waals surface area (Å²) in [6.45, 7) is 9.23. The van der Waals surface area contributed by atoms with E-state index in [1.807, 2.05) is 51.1 Å². The van der Waals surface area contributed by atoms with Crippen LogP contribution in [-0.4, -0.2) is 63.8 Å². The minimum atomic E-state index is -3.23. The van der Waals surface area contributed by atoms with Crippen LogP contribution < -0.4 is 10.6 Å². The van der Waals surface area contributed by atoms with Crippen molar-refractivity contribution in [1.82, 2.24) is 14.9 Å². The standard InChI is InChI=1S/C18H32N4O3S/c1-4-19-18(21-13-15-26(23,24)22(5-2)6-3)20-12-14-25-16-17-10-8-7-9-11-17/h7-11H,4-6,12-16H2,1-3H3,(H2,19,20,21). The smallest absolute Gasteiger partial charge is 0.215 e. The summed E-state index contributed by atoms with van der Waals surface area (Å²) in [5.74, 6) is 0.648. The number of rotatable bonds is 12. The van der Waals surface area contributed by atoms with Gasteiger partial charge in [0.2, 0.25) is 10.0 Å². The largest absolute Gasteiger partial charge is 0.375 e. The molecule has 0 amide bonds. The third-order valence-electron chi connectivity index (χ3n) is 3.71. The van der Waals surface area contributed by atoms with Crippen molar-refractivity contribution in [2.45, 2.75) is 27.4 Å². The van der Waals surface area contributed by atoms with Crippen LogP contribution in [-0.2, 0) is 21.4 Å². The third kappa shape index (κ3) is 8.64. The zero-order valence-electron chi connectivity index (χ0n) is 16.1. The molecule has 26 heavy (non-hydrogen) atoms. The molecule has 7 nitrogen and oxygen atoms in total. The van der Waals surface area contributed by atoms with Crippen LogP contribution in [0.3, 0.4) is 0 Å². The number of ether oxygens (including phenoxy) is 1. The quantitative estimate of drug-likeness (QED) is 0.324. The fraction of sp³-hybridized carbons (Fsp3) is 0.611. The van der Waals surface area contributed by atoms with Gasteiger partial charge in [-0.1, -0.05) is 44.2 Å². The Hall–Kier alpha value is -1.64. The number of hydrogen-bond acceptors (Lipinski definition) is 4. The third-order valence-corrected chi connectivity index (χ3v) is 5.74.